The molecule has 2 heteroatoms. The molecule has 0 radical (unpaired) electrons. The smallest absolute Gasteiger partial charge is 0.0951 e. The van der Waals surface area contributed by atoms with Crippen molar-refractivity contribution in [3.05, 3.63) is 31.4 Å². The van der Waals surface area contributed by atoms with Crippen LogP contribution in [0.15, 0.2) is 31.4 Å². The Balaban J connectivity index is 2.76. The Morgan fingerprint density at radius 1 is 1.78 bits per heavy atom. The van der Waals surface area contributed by atoms with E-state index < -0.39 is 0 Å². The predicted molar refractivity (Wildman–Crippen MR) is 37.1 cm³/mol. The molecule has 1 aromatic heterocycles. The number of aromatic nitrogens is 2. The minimum absolute atomic E-state index is 0.354. The second-order valence-corrected chi connectivity index (χ2v) is 1.99. The molecular weight excluding hydrogens is 112 g/mol. The first-order valence-electron chi connectivity index (χ1n) is 2.94. The van der Waals surface area contributed by atoms with Crippen molar-refractivity contribution >= 4 is 0 Å². The van der Waals surface area contributed by atoms with Crippen molar-refractivity contribution in [1.29, 1.82) is 0 Å². The van der Waals surface area contributed by atoms with Crippen molar-refractivity contribution in [2.45, 2.75) is 13.0 Å². The van der Waals surface area contributed by atoms with Gasteiger partial charge < -0.3 is 4.57 Å². The van der Waals surface area contributed by atoms with Crippen LogP contribution in [0.25, 0.3) is 0 Å². The summed E-state index contributed by atoms with van der Waals surface area (Å²) in [4.78, 5) is 3.91. The van der Waals surface area contributed by atoms with Crippen molar-refractivity contribution < 1.29 is 0 Å². The molecule has 9 heavy (non-hydrogen) atoms. The molecule has 0 aliphatic heterocycles. The zero-order valence-corrected chi connectivity index (χ0v) is 5.49. The van der Waals surface area contributed by atoms with Gasteiger partial charge in [-0.05, 0) is 6.92 Å². The summed E-state index contributed by atoms with van der Waals surface area (Å²) in [6.45, 7) is 5.73. The van der Waals surface area contributed by atoms with E-state index in [1.807, 2.05) is 16.8 Å². The third kappa shape index (κ3) is 1.19. The second kappa shape index (κ2) is 2.49. The molecule has 0 spiro atoms. The van der Waals surface area contributed by atoms with Crippen LogP contribution in [0.4, 0.5) is 0 Å². The standard InChI is InChI=1S/C7H10N2/c1-3-7(2)9-5-4-8-6-9/h3-7H,1H2,2H3. The largest absolute Gasteiger partial charge is 0.331 e. The molecule has 0 amide bonds. The van der Waals surface area contributed by atoms with Crippen molar-refractivity contribution in [3.63, 3.8) is 0 Å². The van der Waals surface area contributed by atoms with E-state index in [0.717, 1.165) is 0 Å². The van der Waals surface area contributed by atoms with E-state index in [9.17, 15) is 0 Å². The van der Waals surface area contributed by atoms with E-state index in [1.165, 1.54) is 0 Å². The fourth-order valence-corrected chi connectivity index (χ4v) is 0.632. The molecule has 1 rings (SSSR count). The average molecular weight is 122 g/mol. The number of allylic oxidation sites excluding steroid dienone is 1. The summed E-state index contributed by atoms with van der Waals surface area (Å²) >= 11 is 0. The molecule has 1 unspecified atom stereocenters. The van der Waals surface area contributed by atoms with E-state index >= 15 is 0 Å². The highest BCUT2D eigenvalue weighted by Crippen LogP contribution is 2.03. The van der Waals surface area contributed by atoms with Gasteiger partial charge in [-0.1, -0.05) is 6.08 Å². The van der Waals surface area contributed by atoms with Gasteiger partial charge in [0.05, 0.1) is 6.33 Å². The summed E-state index contributed by atoms with van der Waals surface area (Å²) < 4.78 is 1.99. The highest BCUT2D eigenvalue weighted by Gasteiger charge is 1.93. The number of hydrogen-bond donors (Lipinski definition) is 0. The highest BCUT2D eigenvalue weighted by molar-refractivity contribution is 4.86. The van der Waals surface area contributed by atoms with Crippen molar-refractivity contribution in [2.75, 3.05) is 0 Å². The summed E-state index contributed by atoms with van der Waals surface area (Å²) in [5.41, 5.74) is 0. The molecule has 0 fully saturated rings. The zero-order valence-electron chi connectivity index (χ0n) is 5.49. The van der Waals surface area contributed by atoms with Crippen LogP contribution < -0.4 is 0 Å². The Bertz CT molecular complexity index is 177. The van der Waals surface area contributed by atoms with Gasteiger partial charge in [-0.15, -0.1) is 6.58 Å². The summed E-state index contributed by atoms with van der Waals surface area (Å²) in [5, 5.41) is 0. The number of imidazole rings is 1. The van der Waals surface area contributed by atoms with Crippen LogP contribution in [0.3, 0.4) is 0 Å². The summed E-state index contributed by atoms with van der Waals surface area (Å²) in [5.74, 6) is 0. The lowest BCUT2D eigenvalue weighted by Crippen LogP contribution is -1.96. The Labute approximate surface area is 54.8 Å². The van der Waals surface area contributed by atoms with Gasteiger partial charge in [0.1, 0.15) is 0 Å². The number of hydrogen-bond acceptors (Lipinski definition) is 1. The molecule has 1 aromatic rings. The molecule has 0 bridgehead atoms. The van der Waals surface area contributed by atoms with Crippen molar-refractivity contribution in [2.24, 2.45) is 0 Å². The van der Waals surface area contributed by atoms with Gasteiger partial charge in [0.15, 0.2) is 0 Å². The molecule has 48 valence electrons. The van der Waals surface area contributed by atoms with E-state index in [1.54, 1.807) is 12.5 Å². The third-order valence-electron chi connectivity index (χ3n) is 1.34. The topological polar surface area (TPSA) is 17.8 Å². The van der Waals surface area contributed by atoms with E-state index in [0.29, 0.717) is 6.04 Å². The molecule has 0 aromatic carbocycles. The zero-order chi connectivity index (χ0) is 6.69. The quantitative estimate of drug-likeness (QED) is 0.545. The first-order valence-corrected chi connectivity index (χ1v) is 2.94. The molecule has 1 heterocycles. The molecular formula is C7H10N2. The normalized spacial score (nSPS) is 13.0. The molecule has 0 saturated heterocycles. The van der Waals surface area contributed by atoms with Gasteiger partial charge in [-0.25, -0.2) is 4.98 Å². The maximum Gasteiger partial charge on any atom is 0.0951 e. The summed E-state index contributed by atoms with van der Waals surface area (Å²) in [7, 11) is 0. The van der Waals surface area contributed by atoms with Crippen LogP contribution in [0.1, 0.15) is 13.0 Å². The third-order valence-corrected chi connectivity index (χ3v) is 1.34. The maximum absolute atomic E-state index is 3.91. The fraction of sp³-hybridized carbons (Fsp3) is 0.286. The Hall–Kier alpha value is -1.05. The highest BCUT2D eigenvalue weighted by atomic mass is 15.0. The van der Waals surface area contributed by atoms with E-state index in [4.69, 9.17) is 0 Å². The van der Waals surface area contributed by atoms with Gasteiger partial charge in [-0.2, -0.15) is 0 Å². The molecule has 1 atom stereocenters. The van der Waals surface area contributed by atoms with E-state index in [2.05, 4.69) is 18.5 Å². The minimum Gasteiger partial charge on any atom is -0.331 e. The van der Waals surface area contributed by atoms with Crippen LogP contribution >= 0.6 is 0 Å². The first-order chi connectivity index (χ1) is 4.34. The monoisotopic (exact) mass is 122 g/mol. The molecule has 0 aliphatic rings. The lowest BCUT2D eigenvalue weighted by molar-refractivity contribution is 0.661. The Kier molecular flexibility index (Phi) is 1.68. The minimum atomic E-state index is 0.354. The van der Waals surface area contributed by atoms with Crippen LogP contribution in [0, 0.1) is 0 Å². The SMILES string of the molecule is C=CC(C)n1ccnc1. The molecule has 0 saturated carbocycles. The average Bonchev–Trinajstić information content (AvgIpc) is 2.37. The van der Waals surface area contributed by atoms with Crippen LogP contribution in [-0.4, -0.2) is 9.55 Å². The number of nitrogens with zero attached hydrogens (tertiary/aromatic N) is 2. The van der Waals surface area contributed by atoms with Crippen LogP contribution in [0.2, 0.25) is 0 Å². The Morgan fingerprint density at radius 2 is 2.56 bits per heavy atom. The molecule has 0 N–H and O–H groups in total. The second-order valence-electron chi connectivity index (χ2n) is 1.99. The van der Waals surface area contributed by atoms with Crippen LogP contribution in [-0.2, 0) is 0 Å². The van der Waals surface area contributed by atoms with E-state index in [-0.39, 0.29) is 0 Å². The lowest BCUT2D eigenvalue weighted by atomic mass is 10.3. The summed E-state index contributed by atoms with van der Waals surface area (Å²) in [6.07, 6.45) is 7.35. The van der Waals surface area contributed by atoms with Gasteiger partial charge in [0.2, 0.25) is 0 Å². The Morgan fingerprint density at radius 3 is 3.00 bits per heavy atom. The van der Waals surface area contributed by atoms with Crippen molar-refractivity contribution in [3.8, 4) is 0 Å². The molecule has 0 aliphatic carbocycles. The first kappa shape index (κ1) is 6.08. The van der Waals surface area contributed by atoms with Crippen LogP contribution in [0.5, 0.6) is 0 Å². The van der Waals surface area contributed by atoms with Crippen molar-refractivity contribution in [1.82, 2.24) is 9.55 Å². The number of rotatable bonds is 2. The molecule has 2 nitrogen and oxygen atoms in total. The van der Waals surface area contributed by atoms with Gasteiger partial charge >= 0.3 is 0 Å². The maximum atomic E-state index is 3.91. The lowest BCUT2D eigenvalue weighted by Gasteiger charge is -2.04. The van der Waals surface area contributed by atoms with Gasteiger partial charge in [-0.3, -0.25) is 0 Å². The van der Waals surface area contributed by atoms with Gasteiger partial charge in [0.25, 0.3) is 0 Å². The fourth-order valence-electron chi connectivity index (χ4n) is 0.632. The predicted octanol–water partition coefficient (Wildman–Crippen LogP) is 1.63. The summed E-state index contributed by atoms with van der Waals surface area (Å²) in [6, 6.07) is 0.354. The van der Waals surface area contributed by atoms with Gasteiger partial charge in [0, 0.05) is 18.4 Å².